The second kappa shape index (κ2) is 7.13. The van der Waals surface area contributed by atoms with E-state index in [-0.39, 0.29) is 13.0 Å². The standard InChI is InChI=1S/C11H21NO7/c1-5-7(12-10(16)6(14)3-4-13)8(15)9(18-2)11(17)19-5/h5-9,11,13-15,17H,3-4H2,1-2H3,(H,12,16)/t5-,6-,7-,8+,9+,11+/m1/s1. The van der Waals surface area contributed by atoms with Crippen LogP contribution < -0.4 is 5.32 Å². The minimum Gasteiger partial charge on any atom is -0.396 e. The summed E-state index contributed by atoms with van der Waals surface area (Å²) in [5.74, 6) is -0.722. The molecular weight excluding hydrogens is 258 g/mol. The molecule has 6 atom stereocenters. The van der Waals surface area contributed by atoms with Gasteiger partial charge >= 0.3 is 0 Å². The van der Waals surface area contributed by atoms with Crippen LogP contribution in [0.2, 0.25) is 0 Å². The Morgan fingerprint density at radius 2 is 2.11 bits per heavy atom. The highest BCUT2D eigenvalue weighted by Crippen LogP contribution is 2.21. The molecule has 1 amide bonds. The van der Waals surface area contributed by atoms with Gasteiger partial charge in [0.1, 0.15) is 18.3 Å². The van der Waals surface area contributed by atoms with Crippen LogP contribution in [-0.4, -0.2) is 76.8 Å². The van der Waals surface area contributed by atoms with Crippen LogP contribution in [0.1, 0.15) is 13.3 Å². The van der Waals surface area contributed by atoms with Gasteiger partial charge in [0.05, 0.1) is 12.1 Å². The largest absolute Gasteiger partial charge is 0.396 e. The molecule has 1 saturated heterocycles. The minimum atomic E-state index is -1.36. The second-order valence-electron chi connectivity index (χ2n) is 4.49. The average molecular weight is 279 g/mol. The zero-order valence-electron chi connectivity index (χ0n) is 10.9. The number of aliphatic hydroxyl groups is 4. The fourth-order valence-electron chi connectivity index (χ4n) is 2.01. The van der Waals surface area contributed by atoms with Crippen molar-refractivity contribution in [2.45, 2.75) is 50.1 Å². The van der Waals surface area contributed by atoms with Crippen LogP contribution in [0.15, 0.2) is 0 Å². The van der Waals surface area contributed by atoms with Crippen LogP contribution in [-0.2, 0) is 14.3 Å². The van der Waals surface area contributed by atoms with Crippen LogP contribution in [0.3, 0.4) is 0 Å². The summed E-state index contributed by atoms with van der Waals surface area (Å²) in [6.07, 6.45) is -5.56. The van der Waals surface area contributed by atoms with Gasteiger partial charge < -0.3 is 35.2 Å². The Bertz CT molecular complexity index is 301. The molecule has 19 heavy (non-hydrogen) atoms. The maximum Gasteiger partial charge on any atom is 0.249 e. The maximum atomic E-state index is 11.6. The molecule has 8 heteroatoms. The first-order valence-corrected chi connectivity index (χ1v) is 6.06. The number of hydrogen-bond donors (Lipinski definition) is 5. The van der Waals surface area contributed by atoms with Gasteiger partial charge in [-0.1, -0.05) is 0 Å². The summed E-state index contributed by atoms with van der Waals surface area (Å²) in [5, 5.41) is 40.1. The first kappa shape index (κ1) is 16.3. The molecule has 1 heterocycles. The molecule has 0 radical (unpaired) electrons. The van der Waals surface area contributed by atoms with E-state index in [0.29, 0.717) is 0 Å². The number of carbonyl (C=O) groups excluding carboxylic acids is 1. The van der Waals surface area contributed by atoms with E-state index in [4.69, 9.17) is 14.6 Å². The fraction of sp³-hybridized carbons (Fsp3) is 0.909. The molecule has 1 aliphatic heterocycles. The maximum absolute atomic E-state index is 11.6. The lowest BCUT2D eigenvalue weighted by Gasteiger charge is -2.41. The highest BCUT2D eigenvalue weighted by Gasteiger charge is 2.44. The predicted molar refractivity (Wildman–Crippen MR) is 63.0 cm³/mol. The summed E-state index contributed by atoms with van der Waals surface area (Å²) < 4.78 is 10.0. The van der Waals surface area contributed by atoms with E-state index in [1.54, 1.807) is 6.92 Å². The summed E-state index contributed by atoms with van der Waals surface area (Å²) in [6.45, 7) is 1.25. The van der Waals surface area contributed by atoms with E-state index in [1.807, 2.05) is 0 Å². The third-order valence-electron chi connectivity index (χ3n) is 3.13. The van der Waals surface area contributed by atoms with Crippen molar-refractivity contribution in [3.8, 4) is 0 Å². The lowest BCUT2D eigenvalue weighted by Crippen LogP contribution is -2.64. The lowest BCUT2D eigenvalue weighted by molar-refractivity contribution is -0.259. The molecule has 0 aromatic rings. The number of ether oxygens (including phenoxy) is 2. The smallest absolute Gasteiger partial charge is 0.249 e. The minimum absolute atomic E-state index is 0.0970. The van der Waals surface area contributed by atoms with Crippen molar-refractivity contribution in [2.75, 3.05) is 13.7 Å². The summed E-state index contributed by atoms with van der Waals surface area (Å²) >= 11 is 0. The van der Waals surface area contributed by atoms with E-state index >= 15 is 0 Å². The Labute approximate surface area is 110 Å². The van der Waals surface area contributed by atoms with Crippen LogP contribution in [0.25, 0.3) is 0 Å². The first-order valence-electron chi connectivity index (χ1n) is 6.06. The first-order chi connectivity index (χ1) is 8.92. The molecule has 1 fully saturated rings. The molecule has 1 aliphatic rings. The summed E-state index contributed by atoms with van der Waals surface area (Å²) in [5.41, 5.74) is 0. The molecule has 1 rings (SSSR count). The Morgan fingerprint density at radius 1 is 1.47 bits per heavy atom. The number of carbonyl (C=O) groups is 1. The van der Waals surface area contributed by atoms with Crippen molar-refractivity contribution >= 4 is 5.91 Å². The highest BCUT2D eigenvalue weighted by molar-refractivity contribution is 5.80. The van der Waals surface area contributed by atoms with E-state index < -0.39 is 42.7 Å². The Balaban J connectivity index is 2.67. The van der Waals surface area contributed by atoms with Crippen molar-refractivity contribution < 1.29 is 34.7 Å². The number of rotatable bonds is 5. The molecule has 0 spiro atoms. The molecule has 0 bridgehead atoms. The number of hydrogen-bond acceptors (Lipinski definition) is 7. The zero-order valence-corrected chi connectivity index (χ0v) is 10.9. The molecule has 0 unspecified atom stereocenters. The lowest BCUT2D eigenvalue weighted by atomic mass is 9.96. The quantitative estimate of drug-likeness (QED) is 0.371. The SMILES string of the molecule is CO[C@H]1[C@@H](O)[C@H](NC(=O)[C@H](O)CCO)[C@@H](C)O[C@@H]1O. The summed E-state index contributed by atoms with van der Waals surface area (Å²) in [4.78, 5) is 11.6. The zero-order chi connectivity index (χ0) is 14.6. The Morgan fingerprint density at radius 3 is 2.63 bits per heavy atom. The second-order valence-corrected chi connectivity index (χ2v) is 4.49. The van der Waals surface area contributed by atoms with Gasteiger partial charge in [0.25, 0.3) is 0 Å². The van der Waals surface area contributed by atoms with E-state index in [9.17, 15) is 20.1 Å². The van der Waals surface area contributed by atoms with Gasteiger partial charge in [0.2, 0.25) is 5.91 Å². The molecule has 0 saturated carbocycles. The summed E-state index contributed by atoms with van der Waals surface area (Å²) in [6, 6.07) is -0.825. The van der Waals surface area contributed by atoms with Crippen LogP contribution >= 0.6 is 0 Å². The Kier molecular flexibility index (Phi) is 6.11. The number of nitrogens with one attached hydrogen (secondary N) is 1. The van der Waals surface area contributed by atoms with E-state index in [1.165, 1.54) is 7.11 Å². The molecule has 5 N–H and O–H groups in total. The molecule has 0 aromatic heterocycles. The van der Waals surface area contributed by atoms with Crippen LogP contribution in [0.5, 0.6) is 0 Å². The van der Waals surface area contributed by atoms with Crippen molar-refractivity contribution in [3.05, 3.63) is 0 Å². The highest BCUT2D eigenvalue weighted by atomic mass is 16.6. The van der Waals surface area contributed by atoms with Gasteiger partial charge in [-0.25, -0.2) is 0 Å². The number of aliphatic hydroxyl groups excluding tert-OH is 4. The number of amides is 1. The summed E-state index contributed by atoms with van der Waals surface area (Å²) in [7, 11) is 1.30. The van der Waals surface area contributed by atoms with Crippen molar-refractivity contribution in [2.24, 2.45) is 0 Å². The molecular formula is C11H21NO7. The van der Waals surface area contributed by atoms with Crippen molar-refractivity contribution in [1.82, 2.24) is 5.32 Å². The van der Waals surface area contributed by atoms with Crippen LogP contribution in [0, 0.1) is 0 Å². The average Bonchev–Trinajstić information content (AvgIpc) is 2.34. The third-order valence-corrected chi connectivity index (χ3v) is 3.13. The van der Waals surface area contributed by atoms with Gasteiger partial charge in [0.15, 0.2) is 6.29 Å². The molecule has 112 valence electrons. The predicted octanol–water partition coefficient (Wildman–Crippen LogP) is -2.67. The fourth-order valence-corrected chi connectivity index (χ4v) is 2.01. The van der Waals surface area contributed by atoms with E-state index in [0.717, 1.165) is 0 Å². The topological polar surface area (TPSA) is 128 Å². The van der Waals surface area contributed by atoms with Gasteiger partial charge in [-0.15, -0.1) is 0 Å². The molecule has 0 aromatic carbocycles. The van der Waals surface area contributed by atoms with Gasteiger partial charge in [-0.2, -0.15) is 0 Å². The Hall–Kier alpha value is -0.770. The van der Waals surface area contributed by atoms with Crippen molar-refractivity contribution in [1.29, 1.82) is 0 Å². The molecule has 0 aliphatic carbocycles. The van der Waals surface area contributed by atoms with Gasteiger partial charge in [0, 0.05) is 20.1 Å². The van der Waals surface area contributed by atoms with E-state index in [2.05, 4.69) is 5.32 Å². The third kappa shape index (κ3) is 3.85. The molecule has 8 nitrogen and oxygen atoms in total. The monoisotopic (exact) mass is 279 g/mol. The van der Waals surface area contributed by atoms with Gasteiger partial charge in [-0.05, 0) is 6.92 Å². The van der Waals surface area contributed by atoms with Gasteiger partial charge in [-0.3, -0.25) is 4.79 Å². The number of methoxy groups -OCH3 is 1. The van der Waals surface area contributed by atoms with Crippen molar-refractivity contribution in [3.63, 3.8) is 0 Å². The van der Waals surface area contributed by atoms with Crippen LogP contribution in [0.4, 0.5) is 0 Å². The normalized spacial score (nSPS) is 36.8.